The molecule has 0 bridgehead atoms. The Hall–Kier alpha value is -5.70. The van der Waals surface area contributed by atoms with Gasteiger partial charge in [-0.15, -0.1) is 0 Å². The normalized spacial score (nSPS) is 13.7. The van der Waals surface area contributed by atoms with Gasteiger partial charge in [0.15, 0.2) is 0 Å². The van der Waals surface area contributed by atoms with E-state index in [2.05, 4.69) is 30.9 Å². The van der Waals surface area contributed by atoms with Crippen molar-refractivity contribution in [2.45, 2.75) is 56.3 Å². The van der Waals surface area contributed by atoms with Crippen molar-refractivity contribution < 1.29 is 34.2 Å². The number of benzene rings is 2. The third-order valence-corrected chi connectivity index (χ3v) is 7.37. The fourth-order valence-electron chi connectivity index (χ4n) is 4.90. The molecule has 2 aromatic carbocycles. The molecule has 2 aromatic heterocycles. The highest BCUT2D eigenvalue weighted by atomic mass is 16.4. The van der Waals surface area contributed by atoms with E-state index in [0.717, 1.165) is 10.9 Å². The molecule has 0 aliphatic rings. The number of aliphatic carboxylic acids is 1. The largest absolute Gasteiger partial charge is 0.508 e. The van der Waals surface area contributed by atoms with Gasteiger partial charge in [-0.2, -0.15) is 0 Å². The minimum absolute atomic E-state index is 0.0496. The summed E-state index contributed by atoms with van der Waals surface area (Å²) in [5, 5.41) is 27.8. The number of hydrogen-bond donors (Lipinski definition) is 9. The number of aromatic nitrogens is 3. The van der Waals surface area contributed by atoms with Crippen molar-refractivity contribution in [1.29, 1.82) is 0 Å². The first kappa shape index (κ1) is 33.2. The number of H-pyrrole nitrogens is 2. The van der Waals surface area contributed by atoms with Gasteiger partial charge in [0.1, 0.15) is 23.9 Å². The van der Waals surface area contributed by atoms with E-state index in [-0.39, 0.29) is 37.9 Å². The summed E-state index contributed by atoms with van der Waals surface area (Å²) >= 11 is 0. The number of nitrogens with two attached hydrogens (primary N) is 2. The summed E-state index contributed by atoms with van der Waals surface area (Å²) in [6.07, 6.45) is 4.01. The maximum absolute atomic E-state index is 13.6. The molecule has 4 amide bonds. The first-order valence-electron chi connectivity index (χ1n) is 14.5. The first-order chi connectivity index (χ1) is 22.0. The van der Waals surface area contributed by atoms with Crippen molar-refractivity contribution >= 4 is 40.5 Å². The topological polar surface area (TPSA) is 258 Å². The number of hydrogen-bond acceptors (Lipinski definition) is 8. The number of carbonyl (C=O) groups is 5. The Labute approximate surface area is 263 Å². The zero-order chi connectivity index (χ0) is 33.2. The number of carboxylic acid groups (broad SMARTS) is 1. The number of rotatable bonds is 16. The summed E-state index contributed by atoms with van der Waals surface area (Å²) in [6, 6.07) is 8.42. The minimum atomic E-state index is -1.36. The zero-order valence-corrected chi connectivity index (χ0v) is 24.7. The number of fused-ring (bicyclic) bond motifs is 1. The molecule has 4 atom stereocenters. The van der Waals surface area contributed by atoms with Crippen LogP contribution in [0.5, 0.6) is 5.75 Å². The number of nitrogens with zero attached hydrogens (tertiary/aromatic N) is 1. The van der Waals surface area contributed by atoms with Crippen molar-refractivity contribution in [3.05, 3.63) is 84.1 Å². The van der Waals surface area contributed by atoms with Crippen LogP contribution in [0.3, 0.4) is 0 Å². The maximum Gasteiger partial charge on any atom is 0.326 e. The molecule has 2 heterocycles. The first-order valence-corrected chi connectivity index (χ1v) is 14.5. The summed E-state index contributed by atoms with van der Waals surface area (Å²) in [5.74, 6) is -4.27. The number of carboxylic acids is 1. The Morgan fingerprint density at radius 1 is 0.826 bits per heavy atom. The van der Waals surface area contributed by atoms with Crippen LogP contribution in [0.25, 0.3) is 10.9 Å². The molecule has 4 aromatic rings. The lowest BCUT2D eigenvalue weighted by Gasteiger charge is -2.25. The van der Waals surface area contributed by atoms with Crippen LogP contribution in [-0.2, 0) is 43.2 Å². The second-order valence-corrected chi connectivity index (χ2v) is 10.8. The molecule has 0 aliphatic heterocycles. The van der Waals surface area contributed by atoms with Crippen LogP contribution in [0.2, 0.25) is 0 Å². The van der Waals surface area contributed by atoms with Gasteiger partial charge in [0.25, 0.3) is 0 Å². The highest BCUT2D eigenvalue weighted by molar-refractivity contribution is 5.95. The van der Waals surface area contributed by atoms with E-state index >= 15 is 0 Å². The molecule has 0 spiro atoms. The van der Waals surface area contributed by atoms with Gasteiger partial charge in [-0.1, -0.05) is 30.3 Å². The quantitative estimate of drug-likeness (QED) is 0.0788. The van der Waals surface area contributed by atoms with Gasteiger partial charge in [0.05, 0.1) is 12.4 Å². The number of primary amides is 1. The number of aromatic amines is 2. The number of imidazole rings is 1. The lowest BCUT2D eigenvalue weighted by molar-refractivity contribution is -0.142. The Bertz CT molecular complexity index is 1670. The van der Waals surface area contributed by atoms with E-state index in [0.29, 0.717) is 16.8 Å². The average Bonchev–Trinajstić information content (AvgIpc) is 3.69. The molecule has 0 aliphatic carbocycles. The molecule has 15 heteroatoms. The van der Waals surface area contributed by atoms with Gasteiger partial charge < -0.3 is 47.6 Å². The van der Waals surface area contributed by atoms with Crippen molar-refractivity contribution in [3.63, 3.8) is 0 Å². The van der Waals surface area contributed by atoms with Gasteiger partial charge in [-0.25, -0.2) is 9.78 Å². The van der Waals surface area contributed by atoms with E-state index in [1.807, 2.05) is 24.3 Å². The van der Waals surface area contributed by atoms with Gasteiger partial charge >= 0.3 is 5.97 Å². The molecule has 0 radical (unpaired) electrons. The summed E-state index contributed by atoms with van der Waals surface area (Å²) in [7, 11) is 0. The predicted molar refractivity (Wildman–Crippen MR) is 166 cm³/mol. The molecule has 0 saturated carbocycles. The molecule has 46 heavy (non-hydrogen) atoms. The molecule has 0 saturated heterocycles. The second-order valence-electron chi connectivity index (χ2n) is 10.8. The standard InChI is InChI=1S/C31H36N8O7/c32-22(11-17-5-7-20(40)8-6-17)28(42)38-25(13-19-15-34-16-36-19)30(44)37-24(9-10-27(33)41)29(43)39-26(31(45)46)12-18-14-35-23-4-2-1-3-21(18)23/h1-8,14-16,22,24-26,35,40H,9-13,32H2,(H2,33,41)(H,34,36)(H,37,44)(H,38,42)(H,39,43)(H,45,46). The Morgan fingerprint density at radius 2 is 1.50 bits per heavy atom. The smallest absolute Gasteiger partial charge is 0.326 e. The molecule has 0 fully saturated rings. The number of nitrogens with one attached hydrogen (secondary N) is 5. The van der Waals surface area contributed by atoms with Gasteiger partial charge in [0, 0.05) is 48.3 Å². The number of phenolic OH excluding ortho intramolecular Hbond substituents is 1. The average molecular weight is 633 g/mol. The molecule has 11 N–H and O–H groups in total. The molecule has 242 valence electrons. The molecule has 4 rings (SSSR count). The number of aromatic hydroxyl groups is 1. The van der Waals surface area contributed by atoms with E-state index in [4.69, 9.17) is 11.5 Å². The summed E-state index contributed by atoms with van der Waals surface area (Å²) in [6.45, 7) is 0. The number of para-hydroxylation sites is 1. The van der Waals surface area contributed by atoms with E-state index < -0.39 is 53.8 Å². The van der Waals surface area contributed by atoms with E-state index in [9.17, 15) is 34.2 Å². The lowest BCUT2D eigenvalue weighted by atomic mass is 10.0. The highest BCUT2D eigenvalue weighted by Crippen LogP contribution is 2.19. The minimum Gasteiger partial charge on any atom is -0.508 e. The van der Waals surface area contributed by atoms with Crippen molar-refractivity contribution in [3.8, 4) is 5.75 Å². The van der Waals surface area contributed by atoms with Crippen LogP contribution in [0, 0.1) is 0 Å². The summed E-state index contributed by atoms with van der Waals surface area (Å²) < 4.78 is 0. The molecular weight excluding hydrogens is 596 g/mol. The van der Waals surface area contributed by atoms with Crippen LogP contribution in [0.15, 0.2) is 67.3 Å². The monoisotopic (exact) mass is 632 g/mol. The Balaban J connectivity index is 1.48. The van der Waals surface area contributed by atoms with E-state index in [1.165, 1.54) is 24.7 Å². The summed E-state index contributed by atoms with van der Waals surface area (Å²) in [5.41, 5.74) is 14.1. The second kappa shape index (κ2) is 15.3. The van der Waals surface area contributed by atoms with Gasteiger partial charge in [0.2, 0.25) is 23.6 Å². The van der Waals surface area contributed by atoms with Crippen LogP contribution >= 0.6 is 0 Å². The fraction of sp³-hybridized carbons (Fsp3) is 0.290. The van der Waals surface area contributed by atoms with Crippen molar-refractivity contribution in [1.82, 2.24) is 30.9 Å². The van der Waals surface area contributed by atoms with Crippen molar-refractivity contribution in [2.75, 3.05) is 0 Å². The Kier molecular flexibility index (Phi) is 11.1. The molecule has 15 nitrogen and oxygen atoms in total. The highest BCUT2D eigenvalue weighted by Gasteiger charge is 2.31. The van der Waals surface area contributed by atoms with Gasteiger partial charge in [-0.05, 0) is 42.2 Å². The van der Waals surface area contributed by atoms with Gasteiger partial charge in [-0.3, -0.25) is 19.2 Å². The third kappa shape index (κ3) is 9.15. The zero-order valence-electron chi connectivity index (χ0n) is 24.7. The molecule has 4 unspecified atom stereocenters. The summed E-state index contributed by atoms with van der Waals surface area (Å²) in [4.78, 5) is 73.6. The number of amides is 4. The van der Waals surface area contributed by atoms with Crippen LogP contribution in [0.1, 0.15) is 29.7 Å². The molecular formula is C31H36N8O7. The SMILES string of the molecule is NC(=O)CCC(NC(=O)C(Cc1cnc[nH]1)NC(=O)C(N)Cc1ccc(O)cc1)C(=O)NC(Cc1c[nH]c2ccccc12)C(=O)O. The Morgan fingerprint density at radius 3 is 2.17 bits per heavy atom. The lowest BCUT2D eigenvalue weighted by Crippen LogP contribution is -2.58. The third-order valence-electron chi connectivity index (χ3n) is 7.37. The fourth-order valence-corrected chi connectivity index (χ4v) is 4.90. The van der Waals surface area contributed by atoms with Crippen LogP contribution < -0.4 is 27.4 Å². The number of phenols is 1. The van der Waals surface area contributed by atoms with Crippen molar-refractivity contribution in [2.24, 2.45) is 11.5 Å². The van der Waals surface area contributed by atoms with E-state index in [1.54, 1.807) is 18.3 Å². The van der Waals surface area contributed by atoms with Crippen LogP contribution in [0.4, 0.5) is 0 Å². The predicted octanol–water partition coefficient (Wildman–Crippen LogP) is -0.244. The maximum atomic E-state index is 13.6. The number of carbonyl (C=O) groups excluding carboxylic acids is 4. The van der Waals surface area contributed by atoms with Crippen LogP contribution in [-0.4, -0.2) is 78.9 Å².